The van der Waals surface area contributed by atoms with Crippen molar-refractivity contribution in [3.63, 3.8) is 0 Å². The summed E-state index contributed by atoms with van der Waals surface area (Å²) in [5, 5.41) is 0. The van der Waals surface area contributed by atoms with Crippen LogP contribution >= 0.6 is 33.2 Å². The van der Waals surface area contributed by atoms with Crippen molar-refractivity contribution in [2.45, 2.75) is 0 Å². The Bertz CT molecular complexity index is 102. The van der Waals surface area contributed by atoms with Crippen molar-refractivity contribution in [3.8, 4) is 0 Å². The monoisotopic (exact) mass is 175 g/mol. The van der Waals surface area contributed by atoms with Crippen molar-refractivity contribution >= 4 is 45.5 Å². The molecular weight excluding hydrogens is 176 g/mol. The minimum Gasteiger partial charge on any atom is -0.212 e. The molecule has 0 radical (unpaired) electrons. The van der Waals surface area contributed by atoms with Gasteiger partial charge in [0.2, 0.25) is 6.08 Å². The fourth-order valence-corrected chi connectivity index (χ4v) is 0.466. The van der Waals surface area contributed by atoms with E-state index in [2.05, 4.69) is 4.66 Å². The van der Waals surface area contributed by atoms with Gasteiger partial charge in [-0.1, -0.05) is 0 Å². The summed E-state index contributed by atoms with van der Waals surface area (Å²) < 4.78 is 2.89. The Morgan fingerprint density at radius 3 is 1.86 bits per heavy atom. The lowest BCUT2D eigenvalue weighted by atomic mass is 11.7. The van der Waals surface area contributed by atoms with Gasteiger partial charge in [0.1, 0.15) is 0 Å². The highest BCUT2D eigenvalue weighted by Crippen LogP contribution is 2.19. The first-order valence-corrected chi connectivity index (χ1v) is 6.20. The van der Waals surface area contributed by atoms with E-state index in [9.17, 15) is 4.79 Å². The Labute approximate surface area is 55.3 Å². The van der Waals surface area contributed by atoms with Gasteiger partial charge in [0, 0.05) is 0 Å². The lowest BCUT2D eigenvalue weighted by Gasteiger charge is -1.89. The molecule has 0 amide bonds. The molecule has 0 saturated heterocycles. The molecule has 0 aromatic rings. The predicted octanol–water partition coefficient (Wildman–Crippen LogP) is 1.47. The van der Waals surface area contributed by atoms with E-state index in [1.165, 1.54) is 0 Å². The Hall–Kier alpha value is 0.467. The highest BCUT2D eigenvalue weighted by molar-refractivity contribution is 7.64. The average molecular weight is 176 g/mol. The zero-order valence-electron chi connectivity index (χ0n) is 2.99. The molecule has 0 rings (SSSR count). The highest BCUT2D eigenvalue weighted by atomic mass is 35.8. The minimum absolute atomic E-state index is 1.15. The summed E-state index contributed by atoms with van der Waals surface area (Å²) >= 11 is 15.2. The van der Waals surface area contributed by atoms with E-state index in [1.807, 2.05) is 0 Å². The fourth-order valence-electron chi connectivity index (χ4n) is 0.0518. The molecule has 0 atom stereocenters. The van der Waals surface area contributed by atoms with Gasteiger partial charge < -0.3 is 0 Å². The summed E-state index contributed by atoms with van der Waals surface area (Å²) in [6.45, 7) is 0. The molecule has 40 valence electrons. The van der Waals surface area contributed by atoms with Crippen LogP contribution in [0.15, 0.2) is 4.66 Å². The Morgan fingerprint density at radius 2 is 1.86 bits per heavy atom. The Kier molecular flexibility index (Phi) is 2.88. The molecule has 0 heterocycles. The van der Waals surface area contributed by atoms with Crippen molar-refractivity contribution < 1.29 is 4.79 Å². The van der Waals surface area contributed by atoms with Gasteiger partial charge in [0.15, 0.2) is 0 Å². The first-order valence-electron chi connectivity index (χ1n) is 1.22. The summed E-state index contributed by atoms with van der Waals surface area (Å²) in [5.41, 5.74) is 0. The van der Waals surface area contributed by atoms with Gasteiger partial charge in [-0.2, -0.15) is 4.66 Å². The molecule has 7 heavy (non-hydrogen) atoms. The highest BCUT2D eigenvalue weighted by Gasteiger charge is 2.24. The molecule has 0 aliphatic carbocycles. The van der Waals surface area contributed by atoms with Crippen molar-refractivity contribution in [2.24, 2.45) is 4.66 Å². The minimum atomic E-state index is -3.04. The number of carbonyl (C=O) groups excluding carboxylic acids is 1. The predicted molar refractivity (Wildman–Crippen MR) is 31.4 cm³/mol. The molecule has 2 nitrogen and oxygen atoms in total. The van der Waals surface area contributed by atoms with Crippen LogP contribution in [0.4, 0.5) is 0 Å². The van der Waals surface area contributed by atoms with Crippen LogP contribution in [0.3, 0.4) is 0 Å². The molecule has 0 aromatic heterocycles. The molecule has 0 aliphatic rings. The van der Waals surface area contributed by atoms with Crippen LogP contribution in [-0.2, 0) is 4.79 Å². The smallest absolute Gasteiger partial charge is 0.212 e. The van der Waals surface area contributed by atoms with Crippen LogP contribution in [0.1, 0.15) is 0 Å². The third kappa shape index (κ3) is 6.47. The van der Waals surface area contributed by atoms with Crippen LogP contribution in [0.5, 0.6) is 0 Å². The molecule has 6 heteroatoms. The van der Waals surface area contributed by atoms with Crippen LogP contribution in [0.2, 0.25) is 0 Å². The zero-order valence-corrected chi connectivity index (χ0v) is 6.26. The summed E-state index contributed by atoms with van der Waals surface area (Å²) in [6.07, 6.45) is -1.89. The van der Waals surface area contributed by atoms with E-state index in [1.54, 1.807) is 0 Å². The van der Waals surface area contributed by atoms with Crippen LogP contribution in [0, 0.1) is 0 Å². The van der Waals surface area contributed by atoms with Gasteiger partial charge in [-0.3, -0.25) is 0 Å². The number of hydrogen-bond acceptors (Lipinski definition) is 2. The molecule has 0 spiro atoms. The second kappa shape index (κ2) is 2.70. The first-order chi connectivity index (χ1) is 3.06. The molecule has 0 aromatic carbocycles. The molecule has 0 fully saturated rings. The van der Waals surface area contributed by atoms with Gasteiger partial charge in [-0.25, -0.2) is 4.79 Å². The van der Waals surface area contributed by atoms with Crippen molar-refractivity contribution in [1.82, 2.24) is 0 Å². The second-order valence-electron chi connectivity index (χ2n) is 0.671. The van der Waals surface area contributed by atoms with Gasteiger partial charge in [0.25, 0.3) is 0 Å². The third-order valence-electron chi connectivity index (χ3n) is 0.172. The molecule has 0 N–H and O–H groups in total. The Balaban J connectivity index is 3.80. The van der Waals surface area contributed by atoms with Crippen LogP contribution < -0.4 is 0 Å². The Morgan fingerprint density at radius 1 is 1.43 bits per heavy atom. The average Bonchev–Trinajstić information content (AvgIpc) is 1.30. The summed E-state index contributed by atoms with van der Waals surface area (Å²) in [4.78, 5) is 9.31. The van der Waals surface area contributed by atoms with E-state index >= 15 is 0 Å². The summed E-state index contributed by atoms with van der Waals surface area (Å²) in [6, 6.07) is 0. The molecule has 0 bridgehead atoms. The molecule has 0 unspecified atom stereocenters. The fraction of sp³-hybridized carbons (Fsp3) is 0. The van der Waals surface area contributed by atoms with Gasteiger partial charge in [0.05, 0.1) is 0 Å². The number of hydrogen-bond donors (Lipinski definition) is 0. The topological polar surface area (TPSA) is 29.4 Å². The van der Waals surface area contributed by atoms with Gasteiger partial charge >= 0.3 is 6.16 Å². The number of nitrogens with zero attached hydrogens (tertiary/aromatic N) is 1. The maximum Gasteiger partial charge on any atom is 0.483 e. The number of halogens is 3. The largest absolute Gasteiger partial charge is 0.483 e. The second-order valence-corrected chi connectivity index (χ2v) is 8.49. The van der Waals surface area contributed by atoms with Crippen molar-refractivity contribution in [3.05, 3.63) is 0 Å². The summed E-state index contributed by atoms with van der Waals surface area (Å²) in [5.74, 6) is 0. The normalized spacial score (nSPS) is 10.1. The lowest BCUT2D eigenvalue weighted by molar-refractivity contribution is 0.566. The van der Waals surface area contributed by atoms with Crippen molar-refractivity contribution in [1.29, 1.82) is 0 Å². The molecule has 0 aliphatic heterocycles. The van der Waals surface area contributed by atoms with Gasteiger partial charge in [-0.15, -0.1) is 33.2 Å². The van der Waals surface area contributed by atoms with E-state index in [4.69, 9.17) is 33.2 Å². The van der Waals surface area contributed by atoms with Crippen LogP contribution in [0.25, 0.3) is 0 Å². The van der Waals surface area contributed by atoms with Gasteiger partial charge in [-0.05, 0) is 0 Å². The molecule has 0 saturated carbocycles. The SMILES string of the molecule is O=C=N[Si](Cl)(Cl)Cl. The van der Waals surface area contributed by atoms with E-state index in [0.717, 1.165) is 6.08 Å². The van der Waals surface area contributed by atoms with Crippen molar-refractivity contribution in [2.75, 3.05) is 0 Å². The molecular formula is CCl3NOSi. The third-order valence-corrected chi connectivity index (χ3v) is 1.28. The maximum absolute atomic E-state index is 9.31. The number of isocyanates is 1. The first kappa shape index (κ1) is 7.47. The summed E-state index contributed by atoms with van der Waals surface area (Å²) in [7, 11) is 0. The van der Waals surface area contributed by atoms with Crippen LogP contribution in [-0.4, -0.2) is 12.2 Å². The standard InChI is InChI=1S/CCl3NOSi/c2-7(3,4)5-1-6. The quantitative estimate of drug-likeness (QED) is 0.257. The lowest BCUT2D eigenvalue weighted by Crippen LogP contribution is -2.02. The van der Waals surface area contributed by atoms with E-state index in [0.29, 0.717) is 0 Å². The van der Waals surface area contributed by atoms with E-state index < -0.39 is 6.16 Å². The maximum atomic E-state index is 9.31. The van der Waals surface area contributed by atoms with E-state index in [-0.39, 0.29) is 0 Å². The number of rotatable bonds is 1. The zero-order chi connectivity index (χ0) is 5.91.